The zero-order valence-corrected chi connectivity index (χ0v) is 11.8. The molecule has 1 saturated heterocycles. The quantitative estimate of drug-likeness (QED) is 0.369. The van der Waals surface area contributed by atoms with Crippen LogP contribution in [0.25, 0.3) is 0 Å². The molecule has 0 bridgehead atoms. The molecular formula is C14H20N4O2. The number of rotatable bonds is 2. The second-order valence-electron chi connectivity index (χ2n) is 5.53. The maximum absolute atomic E-state index is 12.3. The fraction of sp³-hybridized carbons (Fsp3) is 0.500. The number of amidine groups is 1. The zero-order chi connectivity index (χ0) is 14.8. The van der Waals surface area contributed by atoms with Gasteiger partial charge in [0.1, 0.15) is 5.84 Å². The summed E-state index contributed by atoms with van der Waals surface area (Å²) in [6, 6.07) is 3.62. The molecule has 3 N–H and O–H groups in total. The molecule has 2 heterocycles. The number of aryl methyl sites for hydroxylation is 1. The van der Waals surface area contributed by atoms with E-state index in [9.17, 15) is 4.79 Å². The predicted octanol–water partition coefficient (Wildman–Crippen LogP) is 1.38. The second kappa shape index (κ2) is 5.48. The highest BCUT2D eigenvalue weighted by Gasteiger charge is 2.35. The average Bonchev–Trinajstić information content (AvgIpc) is 2.47. The maximum atomic E-state index is 12.3. The lowest BCUT2D eigenvalue weighted by Gasteiger charge is -2.38. The molecule has 1 aliphatic rings. The van der Waals surface area contributed by atoms with Crippen LogP contribution < -0.4 is 5.73 Å². The van der Waals surface area contributed by atoms with Gasteiger partial charge in [0.15, 0.2) is 0 Å². The molecule has 1 amide bonds. The van der Waals surface area contributed by atoms with Gasteiger partial charge in [-0.05, 0) is 31.9 Å². The Morgan fingerprint density at radius 2 is 2.10 bits per heavy atom. The number of likely N-dealkylation sites (tertiary alicyclic amines) is 1. The van der Waals surface area contributed by atoms with E-state index in [4.69, 9.17) is 10.9 Å². The lowest BCUT2D eigenvalue weighted by Crippen LogP contribution is -2.47. The summed E-state index contributed by atoms with van der Waals surface area (Å²) in [7, 11) is 0. The third-order valence-corrected chi connectivity index (χ3v) is 4.04. The van der Waals surface area contributed by atoms with Crippen LogP contribution in [0.2, 0.25) is 0 Å². The van der Waals surface area contributed by atoms with E-state index < -0.39 is 0 Å². The summed E-state index contributed by atoms with van der Waals surface area (Å²) >= 11 is 0. The van der Waals surface area contributed by atoms with Crippen molar-refractivity contribution < 1.29 is 10.0 Å². The standard InChI is InChI=1S/C14H20N4O2/c1-10-3-4-11(9-16-10)12(19)18-7-5-14(2,6-8-18)13(15)17-20/h3-4,9,20H,5-8H2,1-2H3,(H2,15,17). The van der Waals surface area contributed by atoms with E-state index in [0.717, 1.165) is 5.69 Å². The third-order valence-electron chi connectivity index (χ3n) is 4.04. The van der Waals surface area contributed by atoms with E-state index in [2.05, 4.69) is 10.1 Å². The summed E-state index contributed by atoms with van der Waals surface area (Å²) in [5, 5.41) is 11.9. The van der Waals surface area contributed by atoms with Crippen molar-refractivity contribution in [2.24, 2.45) is 16.3 Å². The molecule has 2 rings (SSSR count). The highest BCUT2D eigenvalue weighted by molar-refractivity contribution is 5.94. The number of pyridine rings is 1. The van der Waals surface area contributed by atoms with Crippen LogP contribution in [0, 0.1) is 12.3 Å². The Kier molecular flexibility index (Phi) is 3.92. The summed E-state index contributed by atoms with van der Waals surface area (Å²) in [5.74, 6) is 0.223. The topological polar surface area (TPSA) is 91.8 Å². The average molecular weight is 276 g/mol. The van der Waals surface area contributed by atoms with Crippen LogP contribution in [0.1, 0.15) is 35.8 Å². The number of nitrogens with zero attached hydrogens (tertiary/aromatic N) is 3. The van der Waals surface area contributed by atoms with Gasteiger partial charge < -0.3 is 15.8 Å². The van der Waals surface area contributed by atoms with Crippen LogP contribution in [-0.2, 0) is 0 Å². The number of carbonyl (C=O) groups excluding carboxylic acids is 1. The molecule has 108 valence electrons. The largest absolute Gasteiger partial charge is 0.409 e. The van der Waals surface area contributed by atoms with Gasteiger partial charge in [-0.25, -0.2) is 0 Å². The molecule has 1 fully saturated rings. The predicted molar refractivity (Wildman–Crippen MR) is 75.6 cm³/mol. The Labute approximate surface area is 118 Å². The van der Waals surface area contributed by atoms with Crippen LogP contribution in [0.4, 0.5) is 0 Å². The van der Waals surface area contributed by atoms with Crippen LogP contribution >= 0.6 is 0 Å². The van der Waals surface area contributed by atoms with Crippen molar-refractivity contribution in [2.75, 3.05) is 13.1 Å². The van der Waals surface area contributed by atoms with Crippen molar-refractivity contribution >= 4 is 11.7 Å². The van der Waals surface area contributed by atoms with E-state index in [1.165, 1.54) is 0 Å². The summed E-state index contributed by atoms with van der Waals surface area (Å²) in [6.07, 6.45) is 2.98. The minimum Gasteiger partial charge on any atom is -0.409 e. The van der Waals surface area contributed by atoms with Crippen LogP contribution in [-0.4, -0.2) is 39.9 Å². The number of aromatic nitrogens is 1. The fourth-order valence-corrected chi connectivity index (χ4v) is 2.36. The molecule has 0 radical (unpaired) electrons. The molecule has 0 aromatic carbocycles. The minimum atomic E-state index is -0.336. The third kappa shape index (κ3) is 2.74. The van der Waals surface area contributed by atoms with Crippen molar-refractivity contribution in [1.82, 2.24) is 9.88 Å². The second-order valence-corrected chi connectivity index (χ2v) is 5.53. The first kappa shape index (κ1) is 14.3. The molecular weight excluding hydrogens is 256 g/mol. The first-order valence-electron chi connectivity index (χ1n) is 6.66. The lowest BCUT2D eigenvalue weighted by atomic mass is 9.79. The van der Waals surface area contributed by atoms with Crippen LogP contribution in [0.3, 0.4) is 0 Å². The Morgan fingerprint density at radius 1 is 1.45 bits per heavy atom. The Bertz CT molecular complexity index is 516. The van der Waals surface area contributed by atoms with Crippen molar-refractivity contribution in [2.45, 2.75) is 26.7 Å². The Balaban J connectivity index is 2.04. The van der Waals surface area contributed by atoms with Crippen molar-refractivity contribution in [1.29, 1.82) is 0 Å². The summed E-state index contributed by atoms with van der Waals surface area (Å²) < 4.78 is 0. The van der Waals surface area contributed by atoms with Crippen molar-refractivity contribution in [3.63, 3.8) is 0 Å². The molecule has 20 heavy (non-hydrogen) atoms. The summed E-state index contributed by atoms with van der Waals surface area (Å²) in [6.45, 7) is 5.04. The number of piperidine rings is 1. The van der Waals surface area contributed by atoms with Gasteiger partial charge >= 0.3 is 0 Å². The van der Waals surface area contributed by atoms with E-state index in [1.807, 2.05) is 19.9 Å². The van der Waals surface area contributed by atoms with Crippen LogP contribution in [0.15, 0.2) is 23.5 Å². The number of hydrogen-bond donors (Lipinski definition) is 2. The van der Waals surface area contributed by atoms with Gasteiger partial charge in [-0.15, -0.1) is 0 Å². The maximum Gasteiger partial charge on any atom is 0.255 e. The molecule has 1 aromatic heterocycles. The number of amides is 1. The Morgan fingerprint density at radius 3 is 2.60 bits per heavy atom. The first-order chi connectivity index (χ1) is 9.46. The normalized spacial score (nSPS) is 18.9. The number of nitrogens with two attached hydrogens (primary N) is 1. The SMILES string of the molecule is Cc1ccc(C(=O)N2CCC(C)(/C(N)=N/O)CC2)cn1. The minimum absolute atomic E-state index is 0.0148. The molecule has 0 aliphatic carbocycles. The van der Waals surface area contributed by atoms with Gasteiger partial charge in [-0.3, -0.25) is 9.78 Å². The smallest absolute Gasteiger partial charge is 0.255 e. The zero-order valence-electron chi connectivity index (χ0n) is 11.8. The molecule has 1 aromatic rings. The van der Waals surface area contributed by atoms with Crippen molar-refractivity contribution in [3.8, 4) is 0 Å². The monoisotopic (exact) mass is 276 g/mol. The summed E-state index contributed by atoms with van der Waals surface area (Å²) in [5.41, 5.74) is 6.87. The first-order valence-corrected chi connectivity index (χ1v) is 6.66. The van der Waals surface area contributed by atoms with Gasteiger partial charge in [0.2, 0.25) is 0 Å². The van der Waals surface area contributed by atoms with Gasteiger partial charge in [-0.1, -0.05) is 12.1 Å². The van der Waals surface area contributed by atoms with E-state index >= 15 is 0 Å². The molecule has 0 atom stereocenters. The number of carbonyl (C=O) groups is 1. The molecule has 1 aliphatic heterocycles. The molecule has 0 unspecified atom stereocenters. The Hall–Kier alpha value is -2.11. The van der Waals surface area contributed by atoms with E-state index in [1.54, 1.807) is 17.2 Å². The van der Waals surface area contributed by atoms with Crippen molar-refractivity contribution in [3.05, 3.63) is 29.6 Å². The molecule has 6 heteroatoms. The molecule has 0 saturated carbocycles. The van der Waals surface area contributed by atoms with E-state index in [-0.39, 0.29) is 17.2 Å². The van der Waals surface area contributed by atoms with E-state index in [0.29, 0.717) is 31.5 Å². The number of oxime groups is 1. The van der Waals surface area contributed by atoms with Crippen LogP contribution in [0.5, 0.6) is 0 Å². The van der Waals surface area contributed by atoms with Gasteiger partial charge in [0.05, 0.1) is 5.56 Å². The summed E-state index contributed by atoms with van der Waals surface area (Å²) in [4.78, 5) is 18.3. The molecule has 6 nitrogen and oxygen atoms in total. The van der Waals surface area contributed by atoms with Gasteiger partial charge in [0, 0.05) is 30.4 Å². The fourth-order valence-electron chi connectivity index (χ4n) is 2.36. The highest BCUT2D eigenvalue weighted by Crippen LogP contribution is 2.31. The van der Waals surface area contributed by atoms with Gasteiger partial charge in [0.25, 0.3) is 5.91 Å². The highest BCUT2D eigenvalue weighted by atomic mass is 16.4. The van der Waals surface area contributed by atoms with Gasteiger partial charge in [-0.2, -0.15) is 0 Å². The number of hydrogen-bond acceptors (Lipinski definition) is 4. The lowest BCUT2D eigenvalue weighted by molar-refractivity contribution is 0.0666. The molecule has 0 spiro atoms.